The molecule has 0 fully saturated rings. The minimum absolute atomic E-state index is 0. The quantitative estimate of drug-likeness (QED) is 0.346. The molecular weight excluding hydrogens is 194 g/mol. The van der Waals surface area contributed by atoms with Crippen LogP contribution in [0.25, 0.3) is 0 Å². The van der Waals surface area contributed by atoms with E-state index in [0.29, 0.717) is 0 Å². The van der Waals surface area contributed by atoms with Crippen molar-refractivity contribution in [1.82, 2.24) is 0 Å². The van der Waals surface area contributed by atoms with Crippen LogP contribution in [-0.4, -0.2) is 50.2 Å². The molecule has 70 valence electrons. The molecule has 0 aliphatic rings. The summed E-state index contributed by atoms with van der Waals surface area (Å²) in [6, 6.07) is 0. The minimum atomic E-state index is 0. The topological polar surface area (TPSA) is 189 Å². The van der Waals surface area contributed by atoms with Crippen molar-refractivity contribution in [3.05, 3.63) is 0 Å². The lowest BCUT2D eigenvalue weighted by Crippen LogP contribution is -0.381. The minimum Gasteiger partial charge on any atom is -0.412 e. The predicted molar refractivity (Wildman–Crippen MR) is 46.1 cm³/mol. The first-order chi connectivity index (χ1) is 0. The number of halogens is 2. The van der Waals surface area contributed by atoms with Crippen LogP contribution in [-0.2, 0) is 0 Å². The highest BCUT2D eigenvalue weighted by Gasteiger charge is 0.187. The largest absolute Gasteiger partial charge is 0.412 e. The van der Waals surface area contributed by atoms with E-state index in [4.69, 9.17) is 0 Å². The van der Waals surface area contributed by atoms with E-state index >= 15 is 0 Å². The Balaban J connectivity index is 0. The average molecular weight is 211 g/mol. The lowest BCUT2D eigenvalue weighted by atomic mass is 16.0. The zero-order chi connectivity index (χ0) is 0. The summed E-state index contributed by atoms with van der Waals surface area (Å²) in [5.74, 6) is 0. The van der Waals surface area contributed by atoms with Crippen LogP contribution in [0.5, 0.6) is 0 Å². The first-order valence-electron chi connectivity index (χ1n) is 0. The Morgan fingerprint density at radius 1 is 0.333 bits per heavy atom. The van der Waals surface area contributed by atoms with Gasteiger partial charge in [-0.3, -0.25) is 0 Å². The number of hydrogen-bond donors (Lipinski definition) is 0. The van der Waals surface area contributed by atoms with Gasteiger partial charge in [0, 0.05) is 0 Å². The first-order valence-corrected chi connectivity index (χ1v) is 0. The maximum Gasteiger partial charge on any atom is 0.187 e. The second-order valence-electron chi connectivity index (χ2n) is 0. The fourth-order valence-electron chi connectivity index (χ4n) is 0. The van der Waals surface area contributed by atoms with Crippen molar-refractivity contribution in [2.45, 2.75) is 0 Å². The van der Waals surface area contributed by atoms with Crippen LogP contribution < -0.4 is 0 Å². The van der Waals surface area contributed by atoms with E-state index in [1.807, 2.05) is 0 Å². The van der Waals surface area contributed by atoms with Crippen molar-refractivity contribution < 1.29 is 32.9 Å². The summed E-state index contributed by atoms with van der Waals surface area (Å²) >= 11 is 0. The van der Waals surface area contributed by atoms with Crippen molar-refractivity contribution in [3.8, 4) is 0 Å². The number of hydrogen-bond acceptors (Lipinski definition) is 0. The average Bonchev–Trinajstić information content (AvgIpc) is 0. The van der Waals surface area contributed by atoms with E-state index < -0.39 is 0 Å². The van der Waals surface area contributed by atoms with Gasteiger partial charge >= 0.3 is 0 Å². The maximum absolute atomic E-state index is 0. The highest BCUT2D eigenvalue weighted by Crippen LogP contribution is 0.691. The van der Waals surface area contributed by atoms with Gasteiger partial charge < -0.3 is 32.9 Å². The fourth-order valence-corrected chi connectivity index (χ4v) is 0. The maximum atomic E-state index is 0. The van der Waals surface area contributed by atoms with Crippen LogP contribution in [0.1, 0.15) is 0 Å². The van der Waals surface area contributed by atoms with E-state index in [2.05, 4.69) is 0 Å². The Labute approximate surface area is 75.4 Å². The highest BCUT2D eigenvalue weighted by atomic mass is 35.5. The van der Waals surface area contributed by atoms with E-state index in [1.54, 1.807) is 0 Å². The molecule has 0 aliphatic carbocycles. The molecule has 12 N–H and O–H groups in total. The predicted octanol–water partition coefficient (Wildman–Crippen LogP) is -5.29. The van der Waals surface area contributed by atoms with Gasteiger partial charge in [-0.2, -0.15) is 0 Å². The zero-order valence-electron chi connectivity index (χ0n) is 3.82. The summed E-state index contributed by atoms with van der Waals surface area (Å²) in [6.07, 6.45) is 0. The van der Waals surface area contributed by atoms with E-state index in [0.717, 1.165) is 0 Å². The van der Waals surface area contributed by atoms with Crippen molar-refractivity contribution in [2.24, 2.45) is 0 Å². The molecule has 0 spiro atoms. The molecule has 0 amide bonds. The highest BCUT2D eigenvalue weighted by molar-refractivity contribution is 5.85. The second-order valence-corrected chi connectivity index (χ2v) is 0. The molecule has 0 saturated carbocycles. The third kappa shape index (κ3) is 551. The molecule has 0 heterocycles. The Morgan fingerprint density at radius 2 is 0.333 bits per heavy atom. The van der Waals surface area contributed by atoms with Crippen LogP contribution in [0.4, 0.5) is 0 Å². The van der Waals surface area contributed by atoms with Gasteiger partial charge in [0.2, 0.25) is 0 Å². The Hall–Kier alpha value is 0.872. The van der Waals surface area contributed by atoms with Gasteiger partial charge in [0.15, 0.2) is 17.4 Å². The molecule has 0 atom stereocenters. The van der Waals surface area contributed by atoms with Gasteiger partial charge in [0.25, 0.3) is 0 Å². The van der Waals surface area contributed by atoms with E-state index in [1.165, 1.54) is 0 Å². The van der Waals surface area contributed by atoms with Crippen molar-refractivity contribution in [3.63, 3.8) is 0 Å². The van der Waals surface area contributed by atoms with Gasteiger partial charge in [0.05, 0.1) is 0 Å². The molecule has 0 aromatic carbocycles. The van der Waals surface area contributed by atoms with Gasteiger partial charge in [-0.1, -0.05) is 0 Å². The molecular formula is H17AlCl2O6. The summed E-state index contributed by atoms with van der Waals surface area (Å²) in [6.45, 7) is 0. The van der Waals surface area contributed by atoms with Gasteiger partial charge in [-0.05, 0) is 0 Å². The molecule has 6 nitrogen and oxygen atoms in total. The molecule has 0 bridgehead atoms. The first kappa shape index (κ1) is 1020. The van der Waals surface area contributed by atoms with E-state index in [9.17, 15) is 0 Å². The van der Waals surface area contributed by atoms with Crippen LogP contribution in [0.2, 0.25) is 0 Å². The van der Waals surface area contributed by atoms with Gasteiger partial charge in [0.1, 0.15) is 0 Å². The molecule has 0 saturated heterocycles. The molecule has 9 heteroatoms. The van der Waals surface area contributed by atoms with Gasteiger partial charge in [-0.25, -0.2) is 0 Å². The van der Waals surface area contributed by atoms with Crippen LogP contribution in [0, 0.1) is 0 Å². The summed E-state index contributed by atoms with van der Waals surface area (Å²) in [4.78, 5) is 0. The molecule has 0 rings (SSSR count). The third-order valence-corrected chi connectivity index (χ3v) is 0. The van der Waals surface area contributed by atoms with Crippen molar-refractivity contribution >= 4 is 42.2 Å². The summed E-state index contributed by atoms with van der Waals surface area (Å²) in [5.41, 5.74) is 0. The SMILES string of the molecule is Cl.Cl.O.O.O.O.O.O.[AlH3]. The van der Waals surface area contributed by atoms with Crippen LogP contribution in [0.15, 0.2) is 0 Å². The normalized spacial score (nSPS) is 0. The third-order valence-electron chi connectivity index (χ3n) is 0. The lowest BCUT2D eigenvalue weighted by Gasteiger charge is -0.413. The molecule has 0 aromatic rings. The van der Waals surface area contributed by atoms with Crippen LogP contribution >= 0.6 is 24.8 Å². The molecule has 0 aliphatic heterocycles. The Kier molecular flexibility index (Phi) is 81900. The molecule has 0 radical (unpaired) electrons. The Morgan fingerprint density at radius 3 is 0.333 bits per heavy atom. The summed E-state index contributed by atoms with van der Waals surface area (Å²) in [5, 5.41) is 0. The van der Waals surface area contributed by atoms with E-state index in [-0.39, 0.29) is 75.0 Å². The molecule has 9 heavy (non-hydrogen) atoms. The van der Waals surface area contributed by atoms with Crippen LogP contribution in [0.3, 0.4) is 0 Å². The lowest BCUT2D eigenvalue weighted by molar-refractivity contribution is 0.823. The smallest absolute Gasteiger partial charge is 0.187 e. The summed E-state index contributed by atoms with van der Waals surface area (Å²) < 4.78 is 0. The molecule has 0 unspecified atom stereocenters. The number of rotatable bonds is 0. The fraction of sp³-hybridized carbons (Fsp3) is 0. The Bertz CT molecular complexity index is 11.0. The van der Waals surface area contributed by atoms with Crippen molar-refractivity contribution in [1.29, 1.82) is 0 Å². The summed E-state index contributed by atoms with van der Waals surface area (Å²) in [7, 11) is 0. The second kappa shape index (κ2) is 722. The van der Waals surface area contributed by atoms with Crippen molar-refractivity contribution in [2.75, 3.05) is 0 Å². The standard InChI is InChI=1S/Al.2ClH.6H2O.3H/h;2*1H;6*1H2;;;. The molecule has 0 aromatic heterocycles. The monoisotopic (exact) mass is 210 g/mol. The zero-order valence-corrected chi connectivity index (χ0v) is 5.45. The van der Waals surface area contributed by atoms with Gasteiger partial charge in [-0.15, -0.1) is 24.8 Å².